The Morgan fingerprint density at radius 3 is 2.18 bits per heavy atom. The van der Waals surface area contributed by atoms with Gasteiger partial charge in [-0.3, -0.25) is 4.79 Å². The average molecular weight is 298 g/mol. The fourth-order valence-electron chi connectivity index (χ4n) is 1.17. The van der Waals surface area contributed by atoms with E-state index in [0.29, 0.717) is 5.75 Å². The third kappa shape index (κ3) is 5.01. The second-order valence-electron chi connectivity index (χ2n) is 3.76. The summed E-state index contributed by atoms with van der Waals surface area (Å²) >= 11 is 6.31. The molecule has 0 saturated heterocycles. The number of aliphatic carboxylic acids is 2. The normalized spacial score (nSPS) is 16.5. The van der Waals surface area contributed by atoms with Crippen LogP contribution in [-0.4, -0.2) is 42.5 Å². The molecule has 0 aromatic rings. The van der Waals surface area contributed by atoms with Crippen LogP contribution in [0.25, 0.3) is 0 Å². The van der Waals surface area contributed by atoms with E-state index in [2.05, 4.69) is 12.6 Å². The van der Waals surface area contributed by atoms with Gasteiger partial charge in [0.2, 0.25) is 0 Å². The van der Waals surface area contributed by atoms with Crippen molar-refractivity contribution in [3.63, 3.8) is 0 Å². The lowest BCUT2D eigenvalue weighted by atomic mass is 10.3. The van der Waals surface area contributed by atoms with E-state index in [4.69, 9.17) is 5.11 Å². The molecule has 17 heavy (non-hydrogen) atoms. The molecule has 0 aliphatic rings. The summed E-state index contributed by atoms with van der Waals surface area (Å²) in [6, 6.07) is 0. The van der Waals surface area contributed by atoms with Gasteiger partial charge in [0.1, 0.15) is 5.25 Å². The zero-order valence-corrected chi connectivity index (χ0v) is 12.6. The van der Waals surface area contributed by atoms with Crippen molar-refractivity contribution < 1.29 is 19.8 Å². The topological polar surface area (TPSA) is 74.6 Å². The highest BCUT2D eigenvalue weighted by Crippen LogP contribution is 2.42. The van der Waals surface area contributed by atoms with Crippen molar-refractivity contribution >= 4 is 48.1 Å². The van der Waals surface area contributed by atoms with Crippen LogP contribution in [0.1, 0.15) is 27.2 Å². The Kier molecular flexibility index (Phi) is 7.43. The number of thiol groups is 1. The van der Waals surface area contributed by atoms with Crippen LogP contribution in [0.5, 0.6) is 0 Å². The molecule has 2 unspecified atom stereocenters. The van der Waals surface area contributed by atoms with Crippen LogP contribution >= 0.6 is 36.2 Å². The minimum absolute atomic E-state index is 0.00678. The van der Waals surface area contributed by atoms with Gasteiger partial charge in [-0.2, -0.15) is 0 Å². The quantitative estimate of drug-likeness (QED) is 0.472. The molecule has 0 heterocycles. The molecule has 0 aromatic heterocycles. The molecule has 2 atom stereocenters. The summed E-state index contributed by atoms with van der Waals surface area (Å²) in [5.74, 6) is -1.73. The predicted octanol–water partition coefficient (Wildman–Crippen LogP) is 2.44. The SMILES string of the molecule is CCCSC(C(=O)O)C(S)(SC(C)C)C(=O)O. The summed E-state index contributed by atoms with van der Waals surface area (Å²) in [5, 5.41) is 17.3. The Balaban J connectivity index is 5.07. The molecule has 0 aliphatic heterocycles. The Bertz CT molecular complexity index is 283. The van der Waals surface area contributed by atoms with Crippen molar-refractivity contribution in [1.29, 1.82) is 0 Å². The number of rotatable bonds is 8. The number of hydrogen-bond acceptors (Lipinski definition) is 5. The first-order valence-electron chi connectivity index (χ1n) is 5.23. The Morgan fingerprint density at radius 2 is 1.88 bits per heavy atom. The van der Waals surface area contributed by atoms with Crippen molar-refractivity contribution in [3.8, 4) is 0 Å². The van der Waals surface area contributed by atoms with Crippen molar-refractivity contribution in [1.82, 2.24) is 0 Å². The predicted molar refractivity (Wildman–Crippen MR) is 76.3 cm³/mol. The molecule has 0 aliphatic carbocycles. The van der Waals surface area contributed by atoms with Gasteiger partial charge in [0.05, 0.1) is 0 Å². The first-order chi connectivity index (χ1) is 7.75. The third-order valence-electron chi connectivity index (χ3n) is 1.79. The maximum atomic E-state index is 11.3. The van der Waals surface area contributed by atoms with Gasteiger partial charge >= 0.3 is 11.9 Å². The summed E-state index contributed by atoms with van der Waals surface area (Å²) in [4.78, 5) is 22.5. The second-order valence-corrected chi connectivity index (χ2v) is 7.80. The number of carbonyl (C=O) groups is 2. The molecule has 2 N–H and O–H groups in total. The van der Waals surface area contributed by atoms with Gasteiger partial charge in [0.25, 0.3) is 0 Å². The average Bonchev–Trinajstić information content (AvgIpc) is 2.16. The Labute approximate surface area is 115 Å². The minimum atomic E-state index is -1.60. The van der Waals surface area contributed by atoms with E-state index in [0.717, 1.165) is 29.9 Å². The third-order valence-corrected chi connectivity index (χ3v) is 5.65. The van der Waals surface area contributed by atoms with Crippen LogP contribution in [0.4, 0.5) is 0 Å². The second kappa shape index (κ2) is 7.43. The lowest BCUT2D eigenvalue weighted by Gasteiger charge is -2.30. The number of carboxylic acid groups (broad SMARTS) is 2. The summed E-state index contributed by atoms with van der Waals surface area (Å²) in [6.45, 7) is 5.56. The monoisotopic (exact) mass is 298 g/mol. The van der Waals surface area contributed by atoms with E-state index in [9.17, 15) is 14.7 Å². The highest BCUT2D eigenvalue weighted by molar-refractivity contribution is 8.15. The first kappa shape index (κ1) is 17.0. The molecule has 0 bridgehead atoms. The standard InChI is InChI=1S/C10H18O4S3/c1-4-5-16-7(8(11)12)10(15,9(13)14)17-6(2)3/h6-7,15H,4-5H2,1-3H3,(H,11,12)(H,13,14). The van der Waals surface area contributed by atoms with E-state index < -0.39 is 21.3 Å². The zero-order valence-electron chi connectivity index (χ0n) is 10.0. The summed E-state index contributed by atoms with van der Waals surface area (Å²) in [5.41, 5.74) is 0. The van der Waals surface area contributed by atoms with Crippen molar-refractivity contribution in [3.05, 3.63) is 0 Å². The molecular formula is C10H18O4S3. The van der Waals surface area contributed by atoms with Gasteiger partial charge in [-0.05, 0) is 12.2 Å². The highest BCUT2D eigenvalue weighted by Gasteiger charge is 2.48. The van der Waals surface area contributed by atoms with E-state index in [1.165, 1.54) is 0 Å². The van der Waals surface area contributed by atoms with Gasteiger partial charge < -0.3 is 10.2 Å². The van der Waals surface area contributed by atoms with Crippen molar-refractivity contribution in [2.75, 3.05) is 5.75 Å². The first-order valence-corrected chi connectivity index (χ1v) is 7.61. The number of hydrogen-bond donors (Lipinski definition) is 3. The lowest BCUT2D eigenvalue weighted by molar-refractivity contribution is -0.143. The van der Waals surface area contributed by atoms with Gasteiger partial charge in [-0.15, -0.1) is 36.2 Å². The van der Waals surface area contributed by atoms with E-state index >= 15 is 0 Å². The molecule has 0 saturated carbocycles. The molecule has 0 aromatic carbocycles. The van der Waals surface area contributed by atoms with Crippen LogP contribution in [0.3, 0.4) is 0 Å². The Hall–Kier alpha value is -0.0100. The minimum Gasteiger partial charge on any atom is -0.480 e. The molecule has 0 radical (unpaired) electrons. The maximum Gasteiger partial charge on any atom is 0.331 e. The van der Waals surface area contributed by atoms with Gasteiger partial charge in [-0.1, -0.05) is 20.8 Å². The van der Waals surface area contributed by atoms with Crippen molar-refractivity contribution in [2.45, 2.75) is 41.8 Å². The zero-order chi connectivity index (χ0) is 13.6. The summed E-state index contributed by atoms with van der Waals surface area (Å²) in [7, 11) is 0. The van der Waals surface area contributed by atoms with E-state index in [1.54, 1.807) is 0 Å². The number of thioether (sulfide) groups is 2. The van der Waals surface area contributed by atoms with E-state index in [-0.39, 0.29) is 5.25 Å². The van der Waals surface area contributed by atoms with Crippen LogP contribution in [0, 0.1) is 0 Å². The van der Waals surface area contributed by atoms with Crippen molar-refractivity contribution in [2.24, 2.45) is 0 Å². The summed E-state index contributed by atoms with van der Waals surface area (Å²) in [6.07, 6.45) is 0.796. The van der Waals surface area contributed by atoms with Gasteiger partial charge in [-0.25, -0.2) is 4.79 Å². The van der Waals surface area contributed by atoms with Gasteiger partial charge in [0.15, 0.2) is 4.08 Å². The maximum absolute atomic E-state index is 11.3. The molecule has 0 spiro atoms. The van der Waals surface area contributed by atoms with Crippen LogP contribution in [-0.2, 0) is 9.59 Å². The molecule has 0 fully saturated rings. The molecule has 7 heteroatoms. The van der Waals surface area contributed by atoms with Gasteiger partial charge in [0, 0.05) is 5.25 Å². The van der Waals surface area contributed by atoms with Crippen LogP contribution < -0.4 is 0 Å². The molecule has 0 rings (SSSR count). The molecule has 100 valence electrons. The van der Waals surface area contributed by atoms with Crippen LogP contribution in [0.2, 0.25) is 0 Å². The molecule has 4 nitrogen and oxygen atoms in total. The van der Waals surface area contributed by atoms with E-state index in [1.807, 2.05) is 20.8 Å². The fraction of sp³-hybridized carbons (Fsp3) is 0.800. The lowest BCUT2D eigenvalue weighted by Crippen LogP contribution is -2.45. The van der Waals surface area contributed by atoms with Crippen LogP contribution in [0.15, 0.2) is 0 Å². The highest BCUT2D eigenvalue weighted by atomic mass is 32.2. The largest absolute Gasteiger partial charge is 0.480 e. The summed E-state index contributed by atoms with van der Waals surface area (Å²) < 4.78 is -1.60. The number of carboxylic acids is 2. The molecular weight excluding hydrogens is 280 g/mol. The smallest absolute Gasteiger partial charge is 0.331 e. The molecule has 0 amide bonds. The Morgan fingerprint density at radius 1 is 1.35 bits per heavy atom. The fourth-order valence-corrected chi connectivity index (χ4v) is 4.49.